The third-order valence-electron chi connectivity index (χ3n) is 12.1. The van der Waals surface area contributed by atoms with E-state index in [1.54, 1.807) is 0 Å². The van der Waals surface area contributed by atoms with Gasteiger partial charge in [0.2, 0.25) is 0 Å². The van der Waals surface area contributed by atoms with Crippen molar-refractivity contribution in [1.82, 2.24) is 0 Å². The Balaban J connectivity index is 1.03. The normalized spacial score (nSPS) is 11.6. The first-order valence-corrected chi connectivity index (χ1v) is 21.6. The zero-order valence-electron chi connectivity index (χ0n) is 33.1. The molecule has 12 aromatic rings. The predicted molar refractivity (Wildman–Crippen MR) is 261 cm³/mol. The highest BCUT2D eigenvalue weighted by Crippen LogP contribution is 2.46. The number of benzene rings is 10. The minimum Gasteiger partial charge on any atom is -0.455 e. The van der Waals surface area contributed by atoms with Crippen LogP contribution in [0.1, 0.15) is 0 Å². The van der Waals surface area contributed by atoms with Crippen LogP contribution in [-0.2, 0) is 0 Å². The summed E-state index contributed by atoms with van der Waals surface area (Å²) >= 11 is 1.86. The van der Waals surface area contributed by atoms with Crippen molar-refractivity contribution in [3.8, 4) is 44.5 Å². The number of anilines is 3. The molecule has 0 aliphatic heterocycles. The van der Waals surface area contributed by atoms with Gasteiger partial charge in [0.05, 0.1) is 5.69 Å². The molecule has 3 heteroatoms. The molecule has 10 aromatic carbocycles. The smallest absolute Gasteiger partial charge is 0.143 e. The molecule has 0 fully saturated rings. The van der Waals surface area contributed by atoms with Crippen LogP contribution >= 0.6 is 11.3 Å². The zero-order valence-corrected chi connectivity index (χ0v) is 33.9. The Morgan fingerprint density at radius 2 is 0.951 bits per heavy atom. The first-order chi connectivity index (χ1) is 30.2. The minimum atomic E-state index is 0.890. The van der Waals surface area contributed by atoms with Crippen molar-refractivity contribution >= 4 is 81.3 Å². The lowest BCUT2D eigenvalue weighted by molar-refractivity contribution is 0.670. The summed E-state index contributed by atoms with van der Waals surface area (Å²) in [6, 6.07) is 81.2. The van der Waals surface area contributed by atoms with E-state index in [1.807, 2.05) is 17.4 Å². The van der Waals surface area contributed by atoms with Crippen LogP contribution in [0.15, 0.2) is 229 Å². The molecule has 0 atom stereocenters. The van der Waals surface area contributed by atoms with Gasteiger partial charge < -0.3 is 9.32 Å². The second-order valence-electron chi connectivity index (χ2n) is 15.6. The number of rotatable bonds is 7. The fourth-order valence-electron chi connectivity index (χ4n) is 9.23. The predicted octanol–water partition coefficient (Wildman–Crippen LogP) is 17.2. The van der Waals surface area contributed by atoms with Gasteiger partial charge >= 0.3 is 0 Å². The summed E-state index contributed by atoms with van der Waals surface area (Å²) in [4.78, 5) is 2.40. The maximum atomic E-state index is 6.64. The summed E-state index contributed by atoms with van der Waals surface area (Å²) < 4.78 is 9.27. The van der Waals surface area contributed by atoms with Crippen molar-refractivity contribution in [2.45, 2.75) is 0 Å². The van der Waals surface area contributed by atoms with Crippen molar-refractivity contribution in [2.24, 2.45) is 0 Å². The fourth-order valence-corrected chi connectivity index (χ4v) is 10.4. The molecule has 0 aliphatic rings. The van der Waals surface area contributed by atoms with E-state index in [2.05, 4.69) is 223 Å². The third-order valence-corrected chi connectivity index (χ3v) is 13.2. The Hall–Kier alpha value is -7.72. The summed E-state index contributed by atoms with van der Waals surface area (Å²) in [6.07, 6.45) is 0. The summed E-state index contributed by atoms with van der Waals surface area (Å²) in [5.41, 5.74) is 14.3. The Morgan fingerprint density at radius 1 is 0.328 bits per heavy atom. The van der Waals surface area contributed by atoms with Crippen LogP contribution < -0.4 is 4.90 Å². The van der Waals surface area contributed by atoms with Gasteiger partial charge in [0.1, 0.15) is 11.2 Å². The molecule has 0 radical (unpaired) electrons. The summed E-state index contributed by atoms with van der Waals surface area (Å²) in [7, 11) is 0. The second-order valence-corrected chi connectivity index (χ2v) is 16.7. The maximum absolute atomic E-state index is 6.64. The quantitative estimate of drug-likeness (QED) is 0.160. The number of hydrogen-bond donors (Lipinski definition) is 0. The SMILES string of the molecule is c1cc(-c2ccccc2-c2cccc3ccccc23)cc(N(c2ccc(-c3ccc4c(c3)sc3ccccc34)cc2)c2ccccc2-c2cccc3c2oc2ccccc23)c1. The monoisotopic (exact) mass is 795 g/mol. The highest BCUT2D eigenvalue weighted by Gasteiger charge is 2.21. The van der Waals surface area contributed by atoms with E-state index in [1.165, 1.54) is 58.8 Å². The minimum absolute atomic E-state index is 0.890. The maximum Gasteiger partial charge on any atom is 0.143 e. The van der Waals surface area contributed by atoms with Crippen LogP contribution in [-0.4, -0.2) is 0 Å². The lowest BCUT2D eigenvalue weighted by Gasteiger charge is -2.28. The Morgan fingerprint density at radius 3 is 1.85 bits per heavy atom. The van der Waals surface area contributed by atoms with Crippen LogP contribution in [0.25, 0.3) is 97.4 Å². The van der Waals surface area contributed by atoms with Crippen LogP contribution in [0.5, 0.6) is 0 Å². The van der Waals surface area contributed by atoms with Gasteiger partial charge in [-0.3, -0.25) is 0 Å². The molecule has 0 bridgehead atoms. The third kappa shape index (κ3) is 6.01. The van der Waals surface area contributed by atoms with E-state index in [0.29, 0.717) is 0 Å². The van der Waals surface area contributed by atoms with Crippen molar-refractivity contribution in [3.63, 3.8) is 0 Å². The van der Waals surface area contributed by atoms with Crippen molar-refractivity contribution in [1.29, 1.82) is 0 Å². The summed E-state index contributed by atoms with van der Waals surface area (Å²) in [5.74, 6) is 0. The van der Waals surface area contributed by atoms with E-state index in [4.69, 9.17) is 4.42 Å². The van der Waals surface area contributed by atoms with E-state index in [0.717, 1.165) is 55.7 Å². The fraction of sp³-hybridized carbons (Fsp3) is 0. The molecule has 0 amide bonds. The average Bonchev–Trinajstić information content (AvgIpc) is 3.90. The number of hydrogen-bond acceptors (Lipinski definition) is 3. The van der Waals surface area contributed by atoms with Gasteiger partial charge in [-0.05, 0) is 92.7 Å². The first kappa shape index (κ1) is 35.2. The Kier molecular flexibility index (Phi) is 8.39. The Labute approximate surface area is 357 Å². The van der Waals surface area contributed by atoms with Crippen LogP contribution in [0.4, 0.5) is 17.1 Å². The largest absolute Gasteiger partial charge is 0.455 e. The zero-order chi connectivity index (χ0) is 40.3. The summed E-state index contributed by atoms with van der Waals surface area (Å²) in [5, 5.41) is 7.34. The van der Waals surface area contributed by atoms with E-state index >= 15 is 0 Å². The van der Waals surface area contributed by atoms with Crippen LogP contribution in [0.3, 0.4) is 0 Å². The van der Waals surface area contributed by atoms with Gasteiger partial charge in [-0.1, -0.05) is 176 Å². The second kappa shape index (κ2) is 14.5. The lowest BCUT2D eigenvalue weighted by atomic mass is 9.91. The molecule has 0 aliphatic carbocycles. The summed E-state index contributed by atoms with van der Waals surface area (Å²) in [6.45, 7) is 0. The first-order valence-electron chi connectivity index (χ1n) is 20.7. The van der Waals surface area contributed by atoms with Gasteiger partial charge in [0.25, 0.3) is 0 Å². The number of furan rings is 1. The van der Waals surface area contributed by atoms with Crippen LogP contribution in [0, 0.1) is 0 Å². The number of thiophene rings is 1. The number of nitrogens with zero attached hydrogens (tertiary/aromatic N) is 1. The highest BCUT2D eigenvalue weighted by molar-refractivity contribution is 7.25. The van der Waals surface area contributed by atoms with Crippen LogP contribution in [0.2, 0.25) is 0 Å². The molecule has 2 aromatic heterocycles. The molecule has 2 heterocycles. The molecule has 0 unspecified atom stereocenters. The molecule has 12 rings (SSSR count). The lowest BCUT2D eigenvalue weighted by Crippen LogP contribution is -2.11. The van der Waals surface area contributed by atoms with Crippen molar-refractivity contribution in [2.75, 3.05) is 4.90 Å². The molecular formula is C58H37NOS. The number of fused-ring (bicyclic) bond motifs is 7. The molecule has 2 nitrogen and oxygen atoms in total. The molecule has 61 heavy (non-hydrogen) atoms. The van der Waals surface area contributed by atoms with Gasteiger partial charge in [0.15, 0.2) is 0 Å². The van der Waals surface area contributed by atoms with Crippen molar-refractivity contribution in [3.05, 3.63) is 224 Å². The molecule has 286 valence electrons. The van der Waals surface area contributed by atoms with E-state index in [9.17, 15) is 0 Å². The highest BCUT2D eigenvalue weighted by atomic mass is 32.1. The average molecular weight is 796 g/mol. The van der Waals surface area contributed by atoms with E-state index in [-0.39, 0.29) is 0 Å². The molecular weight excluding hydrogens is 759 g/mol. The van der Waals surface area contributed by atoms with Gasteiger partial charge in [-0.2, -0.15) is 0 Å². The molecule has 0 saturated heterocycles. The molecule has 0 saturated carbocycles. The standard InChI is InChI=1S/C58H37NOS/c1-2-18-44-39(14-1)15-12-24-47(44)46-20-4-3-19-45(46)41-16-11-17-43(36-41)59(42-33-30-38(31-34-42)40-32-35-51-50-23-7-10-29-56(50)61-57(51)37-40)54-27-8-5-21-48(54)52-25-13-26-53-49-22-6-9-28-55(49)60-58(52)53/h1-37H. The van der Waals surface area contributed by atoms with Crippen molar-refractivity contribution < 1.29 is 4.42 Å². The van der Waals surface area contributed by atoms with Gasteiger partial charge in [-0.25, -0.2) is 0 Å². The van der Waals surface area contributed by atoms with E-state index < -0.39 is 0 Å². The molecule has 0 spiro atoms. The topological polar surface area (TPSA) is 16.4 Å². The number of para-hydroxylation sites is 3. The van der Waals surface area contributed by atoms with Gasteiger partial charge in [0, 0.05) is 53.4 Å². The molecule has 0 N–H and O–H groups in total. The van der Waals surface area contributed by atoms with Gasteiger partial charge in [-0.15, -0.1) is 11.3 Å². The Bertz CT molecular complexity index is 3610.